The van der Waals surface area contributed by atoms with Crippen molar-refractivity contribution < 1.29 is 4.74 Å². The summed E-state index contributed by atoms with van der Waals surface area (Å²) in [5.41, 5.74) is 1.26. The van der Waals surface area contributed by atoms with Gasteiger partial charge in [0.25, 0.3) is 0 Å². The molecule has 2 aliphatic rings. The van der Waals surface area contributed by atoms with Gasteiger partial charge in [-0.3, -0.25) is 0 Å². The predicted octanol–water partition coefficient (Wildman–Crippen LogP) is 3.37. The molecule has 1 saturated carbocycles. The largest absolute Gasteiger partial charge is 0.373 e. The van der Waals surface area contributed by atoms with Gasteiger partial charge in [-0.1, -0.05) is 6.92 Å². The summed E-state index contributed by atoms with van der Waals surface area (Å²) in [5, 5.41) is 4.99. The van der Waals surface area contributed by atoms with E-state index in [1.807, 2.05) is 11.3 Å². The second kappa shape index (κ2) is 5.51. The topological polar surface area (TPSA) is 34.2 Å². The molecule has 0 radical (unpaired) electrons. The number of aromatic nitrogens is 1. The number of rotatable bonds is 5. The van der Waals surface area contributed by atoms with Gasteiger partial charge in [-0.15, -0.1) is 11.3 Å². The smallest absolute Gasteiger partial charge is 0.113 e. The fourth-order valence-corrected chi connectivity index (χ4v) is 3.96. The molecule has 106 valence electrons. The molecule has 2 heterocycles. The Hall–Kier alpha value is -0.450. The van der Waals surface area contributed by atoms with Crippen molar-refractivity contribution in [1.82, 2.24) is 10.3 Å². The summed E-state index contributed by atoms with van der Waals surface area (Å²) in [5.74, 6) is 0. The maximum atomic E-state index is 6.09. The third kappa shape index (κ3) is 3.01. The molecule has 4 heteroatoms. The maximum absolute atomic E-state index is 6.09. The van der Waals surface area contributed by atoms with Crippen LogP contribution < -0.4 is 5.32 Å². The average Bonchev–Trinajstić information content (AvgIpc) is 2.99. The molecule has 1 aliphatic carbocycles. The second-order valence-electron chi connectivity index (χ2n) is 5.89. The van der Waals surface area contributed by atoms with Crippen LogP contribution in [0, 0.1) is 6.92 Å². The van der Waals surface area contributed by atoms with Gasteiger partial charge in [0.15, 0.2) is 0 Å². The third-order valence-corrected chi connectivity index (χ3v) is 5.24. The van der Waals surface area contributed by atoms with Crippen molar-refractivity contribution in [3.63, 3.8) is 0 Å². The van der Waals surface area contributed by atoms with Gasteiger partial charge in [0, 0.05) is 10.9 Å². The Balaban J connectivity index is 1.80. The van der Waals surface area contributed by atoms with Crippen LogP contribution in [0.3, 0.4) is 0 Å². The normalized spacial score (nSPS) is 28.8. The number of nitrogens with one attached hydrogen (secondary N) is 1. The number of aryl methyl sites for hydroxylation is 2. The Morgan fingerprint density at radius 2 is 2.16 bits per heavy atom. The zero-order valence-electron chi connectivity index (χ0n) is 12.1. The molecule has 19 heavy (non-hydrogen) atoms. The molecule has 0 aromatic carbocycles. The van der Waals surface area contributed by atoms with Crippen LogP contribution in [0.1, 0.15) is 61.2 Å². The summed E-state index contributed by atoms with van der Waals surface area (Å²) < 4.78 is 6.09. The van der Waals surface area contributed by atoms with Crippen LogP contribution in [0.5, 0.6) is 0 Å². The minimum Gasteiger partial charge on any atom is -0.373 e. The highest BCUT2D eigenvalue weighted by Crippen LogP contribution is 2.35. The Morgan fingerprint density at radius 1 is 1.37 bits per heavy atom. The molecule has 0 spiro atoms. The first kappa shape index (κ1) is 13.5. The van der Waals surface area contributed by atoms with Crippen molar-refractivity contribution in [3.8, 4) is 0 Å². The van der Waals surface area contributed by atoms with Crippen LogP contribution in [0.25, 0.3) is 0 Å². The van der Waals surface area contributed by atoms with E-state index in [-0.39, 0.29) is 0 Å². The lowest BCUT2D eigenvalue weighted by molar-refractivity contribution is 0.0310. The first-order valence-electron chi connectivity index (χ1n) is 7.55. The number of hydrogen-bond acceptors (Lipinski definition) is 4. The number of thiazole rings is 1. The summed E-state index contributed by atoms with van der Waals surface area (Å²) in [4.78, 5) is 6.22. The molecular formula is C15H24N2OS. The molecule has 1 aromatic heterocycles. The first-order chi connectivity index (χ1) is 9.17. The standard InChI is InChI=1S/C15H24N2OS/c1-4-12-10(3)19-15(17-12)14(16-11-6-7-11)13-8-5-9(2)18-13/h9,11,13-14,16H,4-8H2,1-3H3. The molecular weight excluding hydrogens is 256 g/mol. The molecule has 0 amide bonds. The van der Waals surface area contributed by atoms with Gasteiger partial charge in [-0.05, 0) is 46.0 Å². The van der Waals surface area contributed by atoms with Gasteiger partial charge in [0.05, 0.1) is 23.9 Å². The Bertz CT molecular complexity index is 441. The summed E-state index contributed by atoms with van der Waals surface area (Å²) in [6, 6.07) is 1.00. The minimum absolute atomic E-state index is 0.307. The second-order valence-corrected chi connectivity index (χ2v) is 7.12. The fourth-order valence-electron chi connectivity index (χ4n) is 2.83. The molecule has 1 saturated heterocycles. The van der Waals surface area contributed by atoms with Gasteiger partial charge < -0.3 is 10.1 Å². The highest BCUT2D eigenvalue weighted by molar-refractivity contribution is 7.11. The van der Waals surface area contributed by atoms with Crippen LogP contribution in [0.2, 0.25) is 0 Å². The van der Waals surface area contributed by atoms with E-state index in [4.69, 9.17) is 9.72 Å². The maximum Gasteiger partial charge on any atom is 0.113 e. The molecule has 2 fully saturated rings. The minimum atomic E-state index is 0.307. The average molecular weight is 280 g/mol. The summed E-state index contributed by atoms with van der Waals surface area (Å²) in [7, 11) is 0. The van der Waals surface area contributed by atoms with Gasteiger partial charge in [-0.2, -0.15) is 0 Å². The van der Waals surface area contributed by atoms with Crippen LogP contribution in [0.15, 0.2) is 0 Å². The van der Waals surface area contributed by atoms with Gasteiger partial charge >= 0.3 is 0 Å². The molecule has 1 aromatic rings. The lowest BCUT2D eigenvalue weighted by Gasteiger charge is -2.23. The van der Waals surface area contributed by atoms with E-state index < -0.39 is 0 Å². The molecule has 0 bridgehead atoms. The first-order valence-corrected chi connectivity index (χ1v) is 8.36. The van der Waals surface area contributed by atoms with E-state index in [1.165, 1.54) is 34.8 Å². The predicted molar refractivity (Wildman–Crippen MR) is 78.7 cm³/mol. The van der Waals surface area contributed by atoms with Crippen molar-refractivity contribution in [3.05, 3.63) is 15.6 Å². The third-order valence-electron chi connectivity index (χ3n) is 4.14. The van der Waals surface area contributed by atoms with Crippen molar-refractivity contribution in [2.75, 3.05) is 0 Å². The van der Waals surface area contributed by atoms with E-state index in [0.29, 0.717) is 24.3 Å². The van der Waals surface area contributed by atoms with Crippen LogP contribution in [0.4, 0.5) is 0 Å². The zero-order chi connectivity index (χ0) is 13.4. The van der Waals surface area contributed by atoms with Crippen molar-refractivity contribution >= 4 is 11.3 Å². The molecule has 1 aliphatic heterocycles. The summed E-state index contributed by atoms with van der Waals surface area (Å²) in [6.45, 7) is 6.55. The molecule has 3 nitrogen and oxygen atoms in total. The van der Waals surface area contributed by atoms with Crippen molar-refractivity contribution in [2.24, 2.45) is 0 Å². The Kier molecular flexibility index (Phi) is 3.92. The fraction of sp³-hybridized carbons (Fsp3) is 0.800. The molecule has 3 unspecified atom stereocenters. The lowest BCUT2D eigenvalue weighted by Crippen LogP contribution is -2.33. The van der Waals surface area contributed by atoms with Crippen LogP contribution in [-0.4, -0.2) is 23.2 Å². The zero-order valence-corrected chi connectivity index (χ0v) is 12.9. The monoisotopic (exact) mass is 280 g/mol. The SMILES string of the molecule is CCc1nc(C(NC2CC2)C2CCC(C)O2)sc1C. The number of hydrogen-bond donors (Lipinski definition) is 1. The Morgan fingerprint density at radius 3 is 2.68 bits per heavy atom. The van der Waals surface area contributed by atoms with Crippen LogP contribution >= 0.6 is 11.3 Å². The molecule has 1 N–H and O–H groups in total. The molecule has 3 rings (SSSR count). The highest BCUT2D eigenvalue weighted by atomic mass is 32.1. The van der Waals surface area contributed by atoms with Crippen LogP contribution in [-0.2, 0) is 11.2 Å². The van der Waals surface area contributed by atoms with Gasteiger partial charge in [0.2, 0.25) is 0 Å². The van der Waals surface area contributed by atoms with E-state index in [2.05, 4.69) is 26.1 Å². The Labute approximate surface area is 119 Å². The van der Waals surface area contributed by atoms with E-state index in [9.17, 15) is 0 Å². The quantitative estimate of drug-likeness (QED) is 0.898. The van der Waals surface area contributed by atoms with E-state index in [1.54, 1.807) is 0 Å². The molecule has 3 atom stereocenters. The highest BCUT2D eigenvalue weighted by Gasteiger charge is 2.36. The number of ether oxygens (including phenoxy) is 1. The van der Waals surface area contributed by atoms with E-state index >= 15 is 0 Å². The summed E-state index contributed by atoms with van der Waals surface area (Å²) in [6.07, 6.45) is 6.70. The van der Waals surface area contributed by atoms with Crippen molar-refractivity contribution in [1.29, 1.82) is 0 Å². The van der Waals surface area contributed by atoms with E-state index in [0.717, 1.165) is 12.8 Å². The summed E-state index contributed by atoms with van der Waals surface area (Å²) >= 11 is 1.85. The lowest BCUT2D eigenvalue weighted by atomic mass is 10.1. The van der Waals surface area contributed by atoms with Gasteiger partial charge in [0.1, 0.15) is 5.01 Å². The van der Waals surface area contributed by atoms with Crippen molar-refractivity contribution in [2.45, 2.75) is 77.2 Å². The number of nitrogens with zero attached hydrogens (tertiary/aromatic N) is 1. The van der Waals surface area contributed by atoms with Gasteiger partial charge in [-0.25, -0.2) is 4.98 Å².